The van der Waals surface area contributed by atoms with Crippen LogP contribution >= 0.6 is 11.3 Å². The first-order valence-corrected chi connectivity index (χ1v) is 9.82. The number of carbonyl (C=O) groups excluding carboxylic acids is 3. The van der Waals surface area contributed by atoms with E-state index in [9.17, 15) is 14.4 Å². The van der Waals surface area contributed by atoms with Gasteiger partial charge in [-0.3, -0.25) is 14.4 Å². The van der Waals surface area contributed by atoms with E-state index < -0.39 is 17.7 Å². The first kappa shape index (κ1) is 20.4. The van der Waals surface area contributed by atoms with E-state index in [-0.39, 0.29) is 12.3 Å². The SMILES string of the molecule is COc1ccc(CCNC(=O)Cc2csc(NC(=O)C3C=CC=NC3=O)n2)cc1. The minimum atomic E-state index is -0.950. The Hall–Kier alpha value is -3.33. The molecule has 9 heteroatoms. The van der Waals surface area contributed by atoms with Gasteiger partial charge >= 0.3 is 0 Å². The Kier molecular flexibility index (Phi) is 6.85. The second kappa shape index (κ2) is 9.74. The fourth-order valence-corrected chi connectivity index (χ4v) is 3.35. The summed E-state index contributed by atoms with van der Waals surface area (Å²) < 4.78 is 5.12. The Labute approximate surface area is 171 Å². The molecule has 8 nitrogen and oxygen atoms in total. The molecule has 0 spiro atoms. The number of aromatic nitrogens is 1. The number of aliphatic imine (C=N–C) groups is 1. The number of nitrogens with zero attached hydrogens (tertiary/aromatic N) is 2. The number of hydrogen-bond donors (Lipinski definition) is 2. The van der Waals surface area contributed by atoms with Gasteiger partial charge in [-0.25, -0.2) is 9.98 Å². The number of rotatable bonds is 8. The van der Waals surface area contributed by atoms with Gasteiger partial charge in [-0.15, -0.1) is 11.3 Å². The summed E-state index contributed by atoms with van der Waals surface area (Å²) >= 11 is 1.20. The highest BCUT2D eigenvalue weighted by molar-refractivity contribution is 7.14. The van der Waals surface area contributed by atoms with Crippen LogP contribution in [0.5, 0.6) is 5.75 Å². The van der Waals surface area contributed by atoms with Gasteiger partial charge in [0.05, 0.1) is 19.2 Å². The van der Waals surface area contributed by atoms with E-state index in [1.165, 1.54) is 23.6 Å². The molecule has 1 aromatic heterocycles. The van der Waals surface area contributed by atoms with Crippen LogP contribution in [0.4, 0.5) is 5.13 Å². The molecular weight excluding hydrogens is 392 g/mol. The third-order valence-electron chi connectivity index (χ3n) is 4.16. The molecule has 0 fully saturated rings. The number of amides is 3. The van der Waals surface area contributed by atoms with Gasteiger partial charge < -0.3 is 15.4 Å². The summed E-state index contributed by atoms with van der Waals surface area (Å²) in [6.45, 7) is 0.509. The van der Waals surface area contributed by atoms with Gasteiger partial charge in [0.1, 0.15) is 11.7 Å². The van der Waals surface area contributed by atoms with Gasteiger partial charge in [-0.05, 0) is 30.2 Å². The van der Waals surface area contributed by atoms with E-state index in [1.54, 1.807) is 18.6 Å². The van der Waals surface area contributed by atoms with Crippen molar-refractivity contribution in [2.24, 2.45) is 10.9 Å². The summed E-state index contributed by atoms with van der Waals surface area (Å²) in [5.74, 6) is -1.32. The third-order valence-corrected chi connectivity index (χ3v) is 4.96. The van der Waals surface area contributed by atoms with E-state index in [0.29, 0.717) is 23.8 Å². The summed E-state index contributed by atoms with van der Waals surface area (Å²) in [4.78, 5) is 43.7. The molecule has 3 rings (SSSR count). The van der Waals surface area contributed by atoms with Crippen LogP contribution in [0, 0.1) is 5.92 Å². The lowest BCUT2D eigenvalue weighted by molar-refractivity contribution is -0.128. The first-order valence-electron chi connectivity index (χ1n) is 8.95. The number of anilines is 1. The standard InChI is InChI=1S/C20H20N4O4S/c1-28-15-6-4-13(5-7-15)8-10-21-17(25)11-14-12-29-20(23-14)24-19(27)16-3-2-9-22-18(16)26/h2-7,9,12,16H,8,10-11H2,1H3,(H,21,25)(H,23,24,27). The van der Waals surface area contributed by atoms with Gasteiger partial charge in [0.25, 0.3) is 5.91 Å². The normalized spacial score (nSPS) is 15.2. The van der Waals surface area contributed by atoms with E-state index in [2.05, 4.69) is 20.6 Å². The van der Waals surface area contributed by atoms with Gasteiger partial charge in [0.15, 0.2) is 5.13 Å². The van der Waals surface area contributed by atoms with Crippen LogP contribution in [-0.2, 0) is 27.2 Å². The number of allylic oxidation sites excluding steroid dienone is 1. The van der Waals surface area contributed by atoms with E-state index in [4.69, 9.17) is 4.74 Å². The first-order chi connectivity index (χ1) is 14.0. The second-order valence-corrected chi connectivity index (χ2v) is 7.10. The van der Waals surface area contributed by atoms with Crippen LogP contribution in [-0.4, -0.2) is 42.6 Å². The van der Waals surface area contributed by atoms with Gasteiger partial charge in [0, 0.05) is 18.1 Å². The molecular formula is C20H20N4O4S. The molecule has 1 atom stereocenters. The molecule has 150 valence electrons. The highest BCUT2D eigenvalue weighted by Crippen LogP contribution is 2.18. The maximum atomic E-state index is 12.1. The van der Waals surface area contributed by atoms with Crippen LogP contribution < -0.4 is 15.4 Å². The molecule has 1 aliphatic rings. The Morgan fingerprint density at radius 2 is 2.03 bits per heavy atom. The van der Waals surface area contributed by atoms with Crippen LogP contribution in [0.1, 0.15) is 11.3 Å². The molecule has 0 bridgehead atoms. The molecule has 0 aliphatic carbocycles. The van der Waals surface area contributed by atoms with Gasteiger partial charge in [-0.1, -0.05) is 18.2 Å². The van der Waals surface area contributed by atoms with Crippen molar-refractivity contribution < 1.29 is 19.1 Å². The summed E-state index contributed by atoms with van der Waals surface area (Å²) in [5.41, 5.74) is 1.65. The maximum absolute atomic E-state index is 12.1. The number of hydrogen-bond acceptors (Lipinski definition) is 6. The van der Waals surface area contributed by atoms with Gasteiger partial charge in [0.2, 0.25) is 11.8 Å². The summed E-state index contributed by atoms with van der Waals surface area (Å²) in [5, 5.41) is 7.49. The molecule has 0 radical (unpaired) electrons. The topological polar surface area (TPSA) is 110 Å². The van der Waals surface area contributed by atoms with Crippen LogP contribution in [0.15, 0.2) is 46.8 Å². The molecule has 0 saturated heterocycles. The molecule has 2 N–H and O–H groups in total. The fourth-order valence-electron chi connectivity index (χ4n) is 2.63. The monoisotopic (exact) mass is 412 g/mol. The number of dihydropyridines is 1. The Balaban J connectivity index is 1.43. The van der Waals surface area contributed by atoms with Crippen molar-refractivity contribution in [3.63, 3.8) is 0 Å². The highest BCUT2D eigenvalue weighted by Gasteiger charge is 2.25. The molecule has 2 aromatic rings. The molecule has 2 heterocycles. The van der Waals surface area contributed by atoms with E-state index in [1.807, 2.05) is 24.3 Å². The number of thiazole rings is 1. The smallest absolute Gasteiger partial charge is 0.262 e. The average Bonchev–Trinajstić information content (AvgIpc) is 3.15. The second-order valence-electron chi connectivity index (χ2n) is 6.24. The average molecular weight is 412 g/mol. The minimum Gasteiger partial charge on any atom is -0.497 e. The number of ether oxygens (including phenoxy) is 1. The lowest BCUT2D eigenvalue weighted by Crippen LogP contribution is -2.28. The number of carbonyl (C=O) groups is 3. The zero-order valence-corrected chi connectivity index (χ0v) is 16.6. The van der Waals surface area contributed by atoms with E-state index in [0.717, 1.165) is 11.3 Å². The van der Waals surface area contributed by atoms with Crippen LogP contribution in [0.2, 0.25) is 0 Å². The predicted molar refractivity (Wildman–Crippen MR) is 110 cm³/mol. The lowest BCUT2D eigenvalue weighted by Gasteiger charge is -2.09. The zero-order valence-electron chi connectivity index (χ0n) is 15.8. The largest absolute Gasteiger partial charge is 0.497 e. The summed E-state index contributed by atoms with van der Waals surface area (Å²) in [6, 6.07) is 7.67. The molecule has 29 heavy (non-hydrogen) atoms. The van der Waals surface area contributed by atoms with E-state index >= 15 is 0 Å². The Morgan fingerprint density at radius 3 is 2.76 bits per heavy atom. The van der Waals surface area contributed by atoms with Crippen molar-refractivity contribution in [2.75, 3.05) is 19.0 Å². The Morgan fingerprint density at radius 1 is 1.24 bits per heavy atom. The molecule has 1 unspecified atom stereocenters. The van der Waals surface area contributed by atoms with Crippen molar-refractivity contribution in [1.82, 2.24) is 10.3 Å². The van der Waals surface area contributed by atoms with Crippen molar-refractivity contribution in [1.29, 1.82) is 0 Å². The molecule has 0 saturated carbocycles. The third kappa shape index (κ3) is 5.82. The number of methoxy groups -OCH3 is 1. The minimum absolute atomic E-state index is 0.113. The van der Waals surface area contributed by atoms with Crippen molar-refractivity contribution in [3.8, 4) is 5.75 Å². The highest BCUT2D eigenvalue weighted by atomic mass is 32.1. The summed E-state index contributed by atoms with van der Waals surface area (Å²) in [7, 11) is 1.62. The van der Waals surface area contributed by atoms with Crippen LogP contribution in [0.25, 0.3) is 0 Å². The van der Waals surface area contributed by atoms with Crippen molar-refractivity contribution in [3.05, 3.63) is 53.1 Å². The maximum Gasteiger partial charge on any atom is 0.262 e. The lowest BCUT2D eigenvalue weighted by atomic mass is 10.1. The van der Waals surface area contributed by atoms with Crippen molar-refractivity contribution >= 4 is 40.4 Å². The number of nitrogens with one attached hydrogen (secondary N) is 2. The summed E-state index contributed by atoms with van der Waals surface area (Å²) in [6.07, 6.45) is 5.20. The molecule has 3 amide bonds. The Bertz CT molecular complexity index is 950. The number of benzene rings is 1. The van der Waals surface area contributed by atoms with Crippen LogP contribution in [0.3, 0.4) is 0 Å². The van der Waals surface area contributed by atoms with Crippen molar-refractivity contribution in [2.45, 2.75) is 12.8 Å². The molecule has 1 aromatic carbocycles. The predicted octanol–water partition coefficient (Wildman–Crippen LogP) is 1.77. The fraction of sp³-hybridized carbons (Fsp3) is 0.250. The quantitative estimate of drug-likeness (QED) is 0.642. The molecule has 1 aliphatic heterocycles. The van der Waals surface area contributed by atoms with Gasteiger partial charge in [-0.2, -0.15) is 0 Å². The zero-order chi connectivity index (χ0) is 20.6.